The molecule has 0 N–H and O–H groups in total. The highest BCUT2D eigenvalue weighted by molar-refractivity contribution is 5.92. The minimum atomic E-state index is -0.470. The summed E-state index contributed by atoms with van der Waals surface area (Å²) in [5.41, 5.74) is 0.518. The molecule has 0 spiro atoms. The smallest absolute Gasteiger partial charge is 0.246 e. The second kappa shape index (κ2) is 6.68. The summed E-state index contributed by atoms with van der Waals surface area (Å²) >= 11 is 0. The summed E-state index contributed by atoms with van der Waals surface area (Å²) in [5, 5.41) is 1.13. The zero-order valence-corrected chi connectivity index (χ0v) is 15.6. The number of aromatic nitrogens is 1. The zero-order chi connectivity index (χ0) is 19.0. The minimum absolute atomic E-state index is 0.104. The van der Waals surface area contributed by atoms with E-state index in [0.29, 0.717) is 26.2 Å². The van der Waals surface area contributed by atoms with Crippen LogP contribution >= 0.6 is 0 Å². The van der Waals surface area contributed by atoms with Crippen LogP contribution in [0.15, 0.2) is 49.1 Å². The van der Waals surface area contributed by atoms with Gasteiger partial charge < -0.3 is 14.7 Å². The monoisotopic (exact) mass is 364 g/mol. The molecule has 1 aromatic heterocycles. The lowest BCUT2D eigenvalue weighted by Gasteiger charge is -2.49. The van der Waals surface area contributed by atoms with E-state index >= 15 is 0 Å². The van der Waals surface area contributed by atoms with Crippen molar-refractivity contribution in [2.45, 2.75) is 6.92 Å². The number of nitrogens with zero attached hydrogens (tertiary/aromatic N) is 4. The molecule has 2 aliphatic heterocycles. The van der Waals surface area contributed by atoms with Crippen molar-refractivity contribution in [3.8, 4) is 0 Å². The van der Waals surface area contributed by atoms with Crippen LogP contribution < -0.4 is 4.90 Å². The van der Waals surface area contributed by atoms with Gasteiger partial charge in [-0.15, -0.1) is 0 Å². The third-order valence-electron chi connectivity index (χ3n) is 5.56. The number of anilines is 1. The summed E-state index contributed by atoms with van der Waals surface area (Å²) in [4.78, 5) is 35.1. The summed E-state index contributed by atoms with van der Waals surface area (Å²) in [5.74, 6) is 0.993. The first kappa shape index (κ1) is 17.5. The maximum Gasteiger partial charge on any atom is 0.246 e. The fraction of sp³-hybridized carbons (Fsp3) is 0.381. The van der Waals surface area contributed by atoms with Gasteiger partial charge in [0.05, 0.1) is 10.9 Å². The number of likely N-dealkylation sites (tertiary alicyclic amines) is 1. The molecule has 6 heteroatoms. The van der Waals surface area contributed by atoms with Crippen LogP contribution in [0.3, 0.4) is 0 Å². The number of hydrogen-bond acceptors (Lipinski definition) is 4. The molecule has 3 heterocycles. The van der Waals surface area contributed by atoms with Gasteiger partial charge >= 0.3 is 0 Å². The lowest BCUT2D eigenvalue weighted by molar-refractivity contribution is -0.157. The Hall–Kier alpha value is -2.89. The fourth-order valence-corrected chi connectivity index (χ4v) is 3.97. The lowest BCUT2D eigenvalue weighted by atomic mass is 9.80. The molecule has 1 aromatic carbocycles. The molecule has 140 valence electrons. The van der Waals surface area contributed by atoms with Crippen LogP contribution in [-0.4, -0.2) is 65.9 Å². The Morgan fingerprint density at radius 3 is 2.44 bits per heavy atom. The van der Waals surface area contributed by atoms with Crippen molar-refractivity contribution in [2.75, 3.05) is 44.2 Å². The van der Waals surface area contributed by atoms with Crippen LogP contribution in [0.4, 0.5) is 5.82 Å². The Morgan fingerprint density at radius 1 is 1.04 bits per heavy atom. The molecule has 2 aromatic rings. The van der Waals surface area contributed by atoms with Crippen molar-refractivity contribution in [3.63, 3.8) is 0 Å². The van der Waals surface area contributed by atoms with Crippen LogP contribution in [0, 0.1) is 5.41 Å². The van der Waals surface area contributed by atoms with E-state index in [1.54, 1.807) is 4.90 Å². The van der Waals surface area contributed by atoms with Crippen molar-refractivity contribution < 1.29 is 9.59 Å². The number of hydrogen-bond donors (Lipinski definition) is 0. The first-order chi connectivity index (χ1) is 13.0. The number of para-hydroxylation sites is 1. The maximum absolute atomic E-state index is 12.9. The van der Waals surface area contributed by atoms with E-state index in [1.165, 1.54) is 6.08 Å². The van der Waals surface area contributed by atoms with Crippen molar-refractivity contribution in [2.24, 2.45) is 5.41 Å². The van der Waals surface area contributed by atoms with Gasteiger partial charge in [-0.2, -0.15) is 0 Å². The van der Waals surface area contributed by atoms with Gasteiger partial charge in [0.25, 0.3) is 0 Å². The number of rotatable bonds is 3. The van der Waals surface area contributed by atoms with Crippen LogP contribution in [0.25, 0.3) is 10.9 Å². The number of carbonyl (C=O) groups is 2. The van der Waals surface area contributed by atoms with Crippen LogP contribution in [0.2, 0.25) is 0 Å². The molecule has 27 heavy (non-hydrogen) atoms. The first-order valence-electron chi connectivity index (χ1n) is 9.32. The lowest BCUT2D eigenvalue weighted by Crippen LogP contribution is -2.65. The number of piperazine rings is 1. The fourth-order valence-electron chi connectivity index (χ4n) is 3.97. The molecule has 2 amide bonds. The number of pyridine rings is 1. The van der Waals surface area contributed by atoms with E-state index in [0.717, 1.165) is 29.8 Å². The van der Waals surface area contributed by atoms with Crippen molar-refractivity contribution in [3.05, 3.63) is 49.1 Å². The van der Waals surface area contributed by atoms with E-state index in [9.17, 15) is 9.59 Å². The summed E-state index contributed by atoms with van der Waals surface area (Å²) < 4.78 is 0. The molecule has 0 bridgehead atoms. The predicted molar refractivity (Wildman–Crippen MR) is 105 cm³/mol. The Bertz CT molecular complexity index is 896. The SMILES string of the molecule is C=CC(=O)N1CC(C)(C(=O)N2CCN(c3ccc4ccccc4n3)CC2)C1. The maximum atomic E-state index is 12.9. The van der Waals surface area contributed by atoms with Gasteiger partial charge in [0.1, 0.15) is 5.82 Å². The highest BCUT2D eigenvalue weighted by atomic mass is 16.2. The highest BCUT2D eigenvalue weighted by Crippen LogP contribution is 2.32. The molecule has 2 saturated heterocycles. The molecule has 6 nitrogen and oxygen atoms in total. The van der Waals surface area contributed by atoms with E-state index in [4.69, 9.17) is 4.98 Å². The van der Waals surface area contributed by atoms with Gasteiger partial charge in [-0.1, -0.05) is 24.8 Å². The van der Waals surface area contributed by atoms with Crippen molar-refractivity contribution in [1.82, 2.24) is 14.8 Å². The Kier molecular flexibility index (Phi) is 4.34. The third kappa shape index (κ3) is 3.16. The zero-order valence-electron chi connectivity index (χ0n) is 15.6. The van der Waals surface area contributed by atoms with E-state index in [2.05, 4.69) is 23.6 Å². The average molecular weight is 364 g/mol. The quantitative estimate of drug-likeness (QED) is 0.781. The normalized spacial score (nSPS) is 18.9. The molecule has 2 aliphatic rings. The number of amides is 2. The van der Waals surface area contributed by atoms with E-state index < -0.39 is 5.41 Å². The second-order valence-corrected chi connectivity index (χ2v) is 7.60. The summed E-state index contributed by atoms with van der Waals surface area (Å²) in [6.45, 7) is 9.29. The molecule has 0 aliphatic carbocycles. The van der Waals surface area contributed by atoms with Gasteiger partial charge in [-0.25, -0.2) is 4.98 Å². The van der Waals surface area contributed by atoms with Gasteiger partial charge in [-0.3, -0.25) is 9.59 Å². The van der Waals surface area contributed by atoms with Crippen LogP contribution in [0.1, 0.15) is 6.92 Å². The Morgan fingerprint density at radius 2 is 1.74 bits per heavy atom. The molecule has 4 rings (SSSR count). The van der Waals surface area contributed by atoms with Crippen molar-refractivity contribution >= 4 is 28.5 Å². The molecular formula is C21H24N4O2. The topological polar surface area (TPSA) is 56.8 Å². The summed E-state index contributed by atoms with van der Waals surface area (Å²) in [6, 6.07) is 12.2. The van der Waals surface area contributed by atoms with Crippen molar-refractivity contribution in [1.29, 1.82) is 0 Å². The van der Waals surface area contributed by atoms with Gasteiger partial charge in [-0.05, 0) is 31.2 Å². The van der Waals surface area contributed by atoms with Crippen LogP contribution in [-0.2, 0) is 9.59 Å². The molecule has 0 radical (unpaired) electrons. The Labute approximate surface area is 159 Å². The largest absolute Gasteiger partial charge is 0.353 e. The second-order valence-electron chi connectivity index (χ2n) is 7.60. The molecule has 0 saturated carbocycles. The number of carbonyl (C=O) groups excluding carboxylic acids is 2. The molecule has 0 atom stereocenters. The molecule has 2 fully saturated rings. The summed E-state index contributed by atoms with van der Waals surface area (Å²) in [7, 11) is 0. The average Bonchev–Trinajstić information content (AvgIpc) is 2.70. The van der Waals surface area contributed by atoms with E-state index in [-0.39, 0.29) is 11.8 Å². The standard InChI is InChI=1S/C21H24N4O2/c1-3-19(26)25-14-21(2,15-25)20(27)24-12-10-23(11-13-24)18-9-8-16-6-4-5-7-17(16)22-18/h3-9H,1,10-15H2,2H3. The number of benzene rings is 1. The Balaban J connectivity index is 1.38. The van der Waals surface area contributed by atoms with Gasteiger partial charge in [0.15, 0.2) is 0 Å². The molecule has 0 unspecified atom stereocenters. The highest BCUT2D eigenvalue weighted by Gasteiger charge is 2.48. The van der Waals surface area contributed by atoms with Crippen LogP contribution in [0.5, 0.6) is 0 Å². The minimum Gasteiger partial charge on any atom is -0.353 e. The number of fused-ring (bicyclic) bond motifs is 1. The van der Waals surface area contributed by atoms with Gasteiger partial charge in [0.2, 0.25) is 11.8 Å². The first-order valence-corrected chi connectivity index (χ1v) is 9.32. The summed E-state index contributed by atoms with van der Waals surface area (Å²) in [6.07, 6.45) is 1.30. The third-order valence-corrected chi connectivity index (χ3v) is 5.56. The molecular weight excluding hydrogens is 340 g/mol. The predicted octanol–water partition coefficient (Wildman–Crippen LogP) is 1.92. The van der Waals surface area contributed by atoms with E-state index in [1.807, 2.05) is 36.1 Å². The van der Waals surface area contributed by atoms with Gasteiger partial charge in [0, 0.05) is 44.7 Å².